The van der Waals surface area contributed by atoms with Crippen LogP contribution in [0.5, 0.6) is 11.5 Å². The molecule has 0 bridgehead atoms. The van der Waals surface area contributed by atoms with Crippen molar-refractivity contribution in [3.63, 3.8) is 0 Å². The van der Waals surface area contributed by atoms with Crippen molar-refractivity contribution in [3.05, 3.63) is 58.1 Å². The minimum absolute atomic E-state index is 0.0652. The predicted octanol–water partition coefficient (Wildman–Crippen LogP) is 10.1. The van der Waals surface area contributed by atoms with Gasteiger partial charge in [0.25, 0.3) is 0 Å². The molecule has 0 amide bonds. The average Bonchev–Trinajstić information content (AvgIpc) is 3.01. The number of carbonyl (C=O) groups is 2. The van der Waals surface area contributed by atoms with Crippen LogP contribution in [-0.2, 0) is 21.1 Å². The van der Waals surface area contributed by atoms with Crippen LogP contribution in [0.4, 0.5) is 0 Å². The first-order valence-corrected chi connectivity index (χ1v) is 18.1. The van der Waals surface area contributed by atoms with Gasteiger partial charge >= 0.3 is 0 Å². The zero-order valence-corrected chi connectivity index (χ0v) is 28.9. The topological polar surface area (TPSA) is 52.6 Å². The first-order chi connectivity index (χ1) is 21.4. The number of terminal acetylenes is 1. The summed E-state index contributed by atoms with van der Waals surface area (Å²) in [6, 6.07) is 9.85. The van der Waals surface area contributed by atoms with E-state index in [4.69, 9.17) is 15.9 Å². The van der Waals surface area contributed by atoms with E-state index in [1.54, 1.807) is 13.8 Å². The van der Waals surface area contributed by atoms with Gasteiger partial charge in [-0.05, 0) is 36.1 Å². The molecular weight excluding hydrogens is 585 g/mol. The summed E-state index contributed by atoms with van der Waals surface area (Å²) in [5.41, 5.74) is 4.23. The molecule has 0 aliphatic carbocycles. The van der Waals surface area contributed by atoms with Crippen LogP contribution in [0.2, 0.25) is 0 Å². The Hall–Kier alpha value is -2.80. The lowest BCUT2D eigenvalue weighted by Gasteiger charge is -2.14. The number of rotatable bonds is 20. The number of hydrogen-bond donors (Lipinski definition) is 0. The van der Waals surface area contributed by atoms with E-state index in [1.165, 1.54) is 74.9 Å². The Morgan fingerprint density at radius 3 is 1.57 bits per heavy atom. The molecular formula is C38H50O4S2. The Kier molecular flexibility index (Phi) is 19.3. The Bertz CT molecular complexity index is 1250. The molecule has 0 spiro atoms. The van der Waals surface area contributed by atoms with E-state index in [9.17, 15) is 9.59 Å². The molecule has 0 saturated carbocycles. The molecule has 4 nitrogen and oxygen atoms in total. The molecule has 0 radical (unpaired) electrons. The molecule has 238 valence electrons. The zero-order valence-electron chi connectivity index (χ0n) is 27.2. The highest BCUT2D eigenvalue weighted by atomic mass is 32.2. The van der Waals surface area contributed by atoms with Crippen LogP contribution in [0.3, 0.4) is 0 Å². The summed E-state index contributed by atoms with van der Waals surface area (Å²) in [7, 11) is 0. The minimum atomic E-state index is 0.0652. The van der Waals surface area contributed by atoms with E-state index in [0.29, 0.717) is 41.8 Å². The molecule has 0 heterocycles. The summed E-state index contributed by atoms with van der Waals surface area (Å²) in [6.45, 7) is 8.80. The van der Waals surface area contributed by atoms with Gasteiger partial charge < -0.3 is 9.47 Å². The van der Waals surface area contributed by atoms with Gasteiger partial charge in [0.2, 0.25) is 0 Å². The number of thioether (sulfide) groups is 2. The van der Waals surface area contributed by atoms with E-state index >= 15 is 0 Å². The molecule has 2 rings (SSSR count). The van der Waals surface area contributed by atoms with Crippen molar-refractivity contribution < 1.29 is 19.1 Å². The number of ether oxygens (including phenoxy) is 2. The maximum Gasteiger partial charge on any atom is 0.186 e. The molecule has 6 heteroatoms. The summed E-state index contributed by atoms with van der Waals surface area (Å²) in [5, 5.41) is 0.130. The van der Waals surface area contributed by atoms with Crippen molar-refractivity contribution in [1.82, 2.24) is 0 Å². The van der Waals surface area contributed by atoms with Crippen LogP contribution in [0.25, 0.3) is 0 Å². The number of carbonyl (C=O) groups excluding carboxylic acids is 2. The summed E-state index contributed by atoms with van der Waals surface area (Å²) < 4.78 is 12.4. The first kappa shape index (κ1) is 37.4. The Morgan fingerprint density at radius 2 is 1.09 bits per heavy atom. The Morgan fingerprint density at radius 1 is 0.636 bits per heavy atom. The molecule has 0 saturated heterocycles. The Balaban J connectivity index is 2.32. The maximum absolute atomic E-state index is 11.6. The van der Waals surface area contributed by atoms with E-state index in [0.717, 1.165) is 47.9 Å². The molecule has 0 atom stereocenters. The largest absolute Gasteiger partial charge is 0.492 e. The van der Waals surface area contributed by atoms with Crippen LogP contribution >= 0.6 is 23.5 Å². The van der Waals surface area contributed by atoms with E-state index in [2.05, 4.69) is 31.6 Å². The summed E-state index contributed by atoms with van der Waals surface area (Å²) >= 11 is 2.53. The highest BCUT2D eigenvalue weighted by Gasteiger charge is 2.11. The van der Waals surface area contributed by atoms with Crippen molar-refractivity contribution in [1.29, 1.82) is 0 Å². The zero-order chi connectivity index (χ0) is 32.0. The lowest BCUT2D eigenvalue weighted by atomic mass is 10.1. The van der Waals surface area contributed by atoms with Crippen LogP contribution in [0.1, 0.15) is 133 Å². The maximum atomic E-state index is 11.6. The van der Waals surface area contributed by atoms with Gasteiger partial charge in [0, 0.05) is 43.0 Å². The highest BCUT2D eigenvalue weighted by molar-refractivity contribution is 8.13. The quantitative estimate of drug-likeness (QED) is 0.107. The highest BCUT2D eigenvalue weighted by Crippen LogP contribution is 2.29. The second kappa shape index (κ2) is 22.7. The number of hydrogen-bond acceptors (Lipinski definition) is 6. The fourth-order valence-electron chi connectivity index (χ4n) is 4.65. The minimum Gasteiger partial charge on any atom is -0.492 e. The summed E-state index contributed by atoms with van der Waals surface area (Å²) in [5.74, 6) is 11.9. The molecule has 2 aromatic carbocycles. The third-order valence-electron chi connectivity index (χ3n) is 7.03. The fourth-order valence-corrected chi connectivity index (χ4v) is 5.72. The first-order valence-electron chi connectivity index (χ1n) is 16.2. The molecule has 0 aliphatic rings. The van der Waals surface area contributed by atoms with E-state index in [1.807, 2.05) is 30.3 Å². The molecule has 44 heavy (non-hydrogen) atoms. The normalized spacial score (nSPS) is 10.5. The monoisotopic (exact) mass is 634 g/mol. The summed E-state index contributed by atoms with van der Waals surface area (Å²) in [4.78, 5) is 23.2. The Labute approximate surface area is 275 Å². The second-order valence-corrected chi connectivity index (χ2v) is 13.4. The van der Waals surface area contributed by atoms with Crippen LogP contribution in [-0.4, -0.2) is 23.4 Å². The lowest BCUT2D eigenvalue weighted by molar-refractivity contribution is -0.109. The summed E-state index contributed by atoms with van der Waals surface area (Å²) in [6.07, 6.45) is 20.1. The van der Waals surface area contributed by atoms with Gasteiger partial charge in [-0.25, -0.2) is 0 Å². The van der Waals surface area contributed by atoms with Gasteiger partial charge in [-0.1, -0.05) is 125 Å². The van der Waals surface area contributed by atoms with Gasteiger partial charge in [0.1, 0.15) is 11.5 Å². The molecule has 0 aliphatic heterocycles. The van der Waals surface area contributed by atoms with Crippen molar-refractivity contribution >= 4 is 33.8 Å². The third-order valence-corrected chi connectivity index (χ3v) is 8.79. The number of unbranched alkanes of at least 4 members (excludes halogenated alkanes) is 10. The average molecular weight is 635 g/mol. The van der Waals surface area contributed by atoms with Crippen molar-refractivity contribution in [2.75, 3.05) is 13.2 Å². The van der Waals surface area contributed by atoms with Crippen molar-refractivity contribution in [2.24, 2.45) is 0 Å². The van der Waals surface area contributed by atoms with Crippen LogP contribution in [0, 0.1) is 24.2 Å². The smallest absolute Gasteiger partial charge is 0.186 e. The van der Waals surface area contributed by atoms with Crippen LogP contribution in [0.15, 0.2) is 30.3 Å². The van der Waals surface area contributed by atoms with Crippen molar-refractivity contribution in [2.45, 2.75) is 116 Å². The van der Waals surface area contributed by atoms with Crippen molar-refractivity contribution in [3.8, 4) is 35.7 Å². The molecule has 0 fully saturated rings. The van der Waals surface area contributed by atoms with Gasteiger partial charge in [-0.2, -0.15) is 0 Å². The standard InChI is InChI=1S/C38H50O4S2/c1-6-9-11-13-15-17-21-41-37-27-36(38(26-35(37)8-3)42-22-18-16-14-12-10-7-2)20-19-32-23-33(28-43-30(4)39)25-34(24-32)29-44-31(5)40/h3,23-27H,6-7,9-18,21-22,28-29H2,1-2,4-5H3. The molecule has 0 unspecified atom stereocenters. The molecule has 0 N–H and O–H groups in total. The lowest BCUT2D eigenvalue weighted by Crippen LogP contribution is -2.03. The predicted molar refractivity (Wildman–Crippen MR) is 188 cm³/mol. The van der Waals surface area contributed by atoms with Crippen LogP contribution < -0.4 is 9.47 Å². The fraction of sp³-hybridized carbons (Fsp3) is 0.526. The second-order valence-electron chi connectivity index (χ2n) is 11.1. The van der Waals surface area contributed by atoms with Gasteiger partial charge in [-0.3, -0.25) is 9.59 Å². The molecule has 2 aromatic rings. The molecule has 0 aromatic heterocycles. The number of benzene rings is 2. The third kappa shape index (κ3) is 15.8. The van der Waals surface area contributed by atoms with Gasteiger partial charge in [0.15, 0.2) is 10.2 Å². The van der Waals surface area contributed by atoms with E-state index in [-0.39, 0.29) is 10.2 Å². The van der Waals surface area contributed by atoms with Gasteiger partial charge in [0.05, 0.1) is 24.3 Å². The van der Waals surface area contributed by atoms with E-state index < -0.39 is 0 Å². The SMILES string of the molecule is C#Cc1cc(OCCCCCCCC)c(C#Cc2cc(CSC(C)=O)cc(CSC(C)=O)c2)cc1OCCCCCCCC. The van der Waals surface area contributed by atoms with Gasteiger partial charge in [-0.15, -0.1) is 6.42 Å².